The molecule has 7 heteroatoms. The summed E-state index contributed by atoms with van der Waals surface area (Å²) in [6.07, 6.45) is -0.109. The summed E-state index contributed by atoms with van der Waals surface area (Å²) < 4.78 is 5.16. The number of halogens is 2. The number of nitrogens with one attached hydrogen (secondary N) is 1. The smallest absolute Gasteiger partial charge is 0.341 e. The highest BCUT2D eigenvalue weighted by molar-refractivity contribution is 6.37. The van der Waals surface area contributed by atoms with Crippen LogP contribution in [0.4, 0.5) is 11.4 Å². The molecule has 3 N–H and O–H groups in total. The molecule has 0 heterocycles. The molecule has 0 saturated carbocycles. The zero-order valence-electron chi connectivity index (χ0n) is 13.8. The number of amides is 1. The van der Waals surface area contributed by atoms with E-state index in [4.69, 9.17) is 33.7 Å². The van der Waals surface area contributed by atoms with Crippen LogP contribution in [-0.2, 0) is 16.0 Å². The number of hydrogen-bond acceptors (Lipinski definition) is 4. The summed E-state index contributed by atoms with van der Waals surface area (Å²) in [6, 6.07) is 10.2. The number of ether oxygens (including phenoxy) is 1. The van der Waals surface area contributed by atoms with Crippen molar-refractivity contribution in [1.82, 2.24) is 0 Å². The van der Waals surface area contributed by atoms with Gasteiger partial charge in [0.2, 0.25) is 0 Å². The minimum absolute atomic E-state index is 0.0180. The summed E-state index contributed by atoms with van der Waals surface area (Å²) in [5.41, 5.74) is 7.61. The average Bonchev–Trinajstić information content (AvgIpc) is 2.58. The lowest BCUT2D eigenvalue weighted by atomic mass is 10.1. The van der Waals surface area contributed by atoms with Crippen LogP contribution in [0, 0.1) is 0 Å². The minimum Gasteiger partial charge on any atom is -0.449 e. The molecule has 25 heavy (non-hydrogen) atoms. The van der Waals surface area contributed by atoms with E-state index in [0.29, 0.717) is 5.69 Å². The van der Waals surface area contributed by atoms with Crippen LogP contribution in [0.5, 0.6) is 0 Å². The molecule has 0 bridgehead atoms. The molecule has 0 saturated heterocycles. The van der Waals surface area contributed by atoms with E-state index in [1.807, 2.05) is 19.1 Å². The first-order valence-corrected chi connectivity index (χ1v) is 8.42. The molecule has 0 aliphatic heterocycles. The molecular formula is C18H18Cl2N2O3. The Morgan fingerprint density at radius 3 is 2.44 bits per heavy atom. The largest absolute Gasteiger partial charge is 0.449 e. The minimum atomic E-state index is -1.02. The molecule has 0 unspecified atom stereocenters. The van der Waals surface area contributed by atoms with Crippen LogP contribution >= 0.6 is 23.2 Å². The molecule has 0 aliphatic carbocycles. The molecule has 0 aromatic heterocycles. The second-order valence-electron chi connectivity index (χ2n) is 5.44. The van der Waals surface area contributed by atoms with Gasteiger partial charge in [-0.3, -0.25) is 4.79 Å². The third-order valence-electron chi connectivity index (χ3n) is 3.60. The van der Waals surface area contributed by atoms with Gasteiger partial charge in [0.15, 0.2) is 6.10 Å². The van der Waals surface area contributed by atoms with Crippen molar-refractivity contribution in [3.05, 3.63) is 57.6 Å². The Morgan fingerprint density at radius 2 is 1.84 bits per heavy atom. The maximum atomic E-state index is 12.2. The zero-order valence-corrected chi connectivity index (χ0v) is 15.3. The molecule has 2 aromatic rings. The van der Waals surface area contributed by atoms with Gasteiger partial charge in [-0.25, -0.2) is 4.79 Å². The van der Waals surface area contributed by atoms with Gasteiger partial charge in [0.25, 0.3) is 5.91 Å². The number of rotatable bonds is 5. The molecule has 0 spiro atoms. The fourth-order valence-electron chi connectivity index (χ4n) is 2.10. The van der Waals surface area contributed by atoms with Crippen LogP contribution in [0.2, 0.25) is 10.0 Å². The van der Waals surface area contributed by atoms with E-state index in [1.54, 1.807) is 12.1 Å². The van der Waals surface area contributed by atoms with E-state index in [-0.39, 0.29) is 21.3 Å². The molecule has 0 aliphatic rings. The predicted octanol–water partition coefficient (Wildman–Crippen LogP) is 4.32. The Balaban J connectivity index is 2.04. The number of carbonyl (C=O) groups is 2. The van der Waals surface area contributed by atoms with Crippen molar-refractivity contribution in [3.63, 3.8) is 0 Å². The molecule has 5 nitrogen and oxygen atoms in total. The number of nitrogen functional groups attached to an aromatic ring is 1. The first-order valence-electron chi connectivity index (χ1n) is 7.67. The molecule has 2 rings (SSSR count). The van der Waals surface area contributed by atoms with Crippen LogP contribution in [0.3, 0.4) is 0 Å². The van der Waals surface area contributed by atoms with Crippen molar-refractivity contribution in [2.45, 2.75) is 26.4 Å². The fourth-order valence-corrected chi connectivity index (χ4v) is 2.59. The summed E-state index contributed by atoms with van der Waals surface area (Å²) in [5.74, 6) is -1.23. The molecular weight excluding hydrogens is 363 g/mol. The molecule has 0 radical (unpaired) electrons. The summed E-state index contributed by atoms with van der Waals surface area (Å²) in [5, 5.41) is 3.08. The second-order valence-corrected chi connectivity index (χ2v) is 6.28. The van der Waals surface area contributed by atoms with E-state index in [9.17, 15) is 9.59 Å². The highest BCUT2D eigenvalue weighted by atomic mass is 35.5. The highest BCUT2D eigenvalue weighted by Gasteiger charge is 2.22. The van der Waals surface area contributed by atoms with E-state index < -0.39 is 18.0 Å². The molecule has 1 atom stereocenters. The normalized spacial score (nSPS) is 11.7. The lowest BCUT2D eigenvalue weighted by Crippen LogP contribution is -2.30. The third-order valence-corrected chi connectivity index (χ3v) is 4.13. The average molecular weight is 381 g/mol. The SMILES string of the molecule is CCc1ccc(NC(=O)[C@H](C)OC(=O)c2cc(Cl)cc(Cl)c2N)cc1. The lowest BCUT2D eigenvalue weighted by molar-refractivity contribution is -0.123. The van der Waals surface area contributed by atoms with Crippen molar-refractivity contribution in [3.8, 4) is 0 Å². The van der Waals surface area contributed by atoms with Crippen molar-refractivity contribution in [2.24, 2.45) is 0 Å². The molecule has 0 fully saturated rings. The number of esters is 1. The maximum absolute atomic E-state index is 12.2. The van der Waals surface area contributed by atoms with Crippen LogP contribution in [0.15, 0.2) is 36.4 Å². The van der Waals surface area contributed by atoms with Gasteiger partial charge >= 0.3 is 5.97 Å². The lowest BCUT2D eigenvalue weighted by Gasteiger charge is -2.15. The van der Waals surface area contributed by atoms with Gasteiger partial charge < -0.3 is 15.8 Å². The van der Waals surface area contributed by atoms with Crippen LogP contribution < -0.4 is 11.1 Å². The Labute approximate surface area is 156 Å². The van der Waals surface area contributed by atoms with Gasteiger partial charge in [-0.2, -0.15) is 0 Å². The van der Waals surface area contributed by atoms with Gasteiger partial charge in [0, 0.05) is 10.7 Å². The van der Waals surface area contributed by atoms with Gasteiger partial charge in [-0.15, -0.1) is 0 Å². The molecule has 132 valence electrons. The van der Waals surface area contributed by atoms with E-state index >= 15 is 0 Å². The number of hydrogen-bond donors (Lipinski definition) is 2. The molecule has 2 aromatic carbocycles. The van der Waals surface area contributed by atoms with Crippen LogP contribution in [0.1, 0.15) is 29.8 Å². The predicted molar refractivity (Wildman–Crippen MR) is 100 cm³/mol. The number of aryl methyl sites for hydroxylation is 1. The maximum Gasteiger partial charge on any atom is 0.341 e. The van der Waals surface area contributed by atoms with Gasteiger partial charge in [-0.1, -0.05) is 42.3 Å². The fraction of sp³-hybridized carbons (Fsp3) is 0.222. The number of nitrogens with two attached hydrogens (primary N) is 1. The number of carbonyl (C=O) groups excluding carboxylic acids is 2. The number of benzene rings is 2. The highest BCUT2D eigenvalue weighted by Crippen LogP contribution is 2.28. The summed E-state index contributed by atoms with van der Waals surface area (Å²) in [7, 11) is 0. The Bertz CT molecular complexity index is 792. The zero-order chi connectivity index (χ0) is 18.6. The monoisotopic (exact) mass is 380 g/mol. The van der Waals surface area contributed by atoms with E-state index in [1.165, 1.54) is 19.1 Å². The number of anilines is 2. The van der Waals surface area contributed by atoms with E-state index in [2.05, 4.69) is 5.32 Å². The summed E-state index contributed by atoms with van der Waals surface area (Å²) in [4.78, 5) is 24.4. The Kier molecular flexibility index (Phi) is 6.28. The molecule has 1 amide bonds. The second kappa shape index (κ2) is 8.23. The topological polar surface area (TPSA) is 81.4 Å². The van der Waals surface area contributed by atoms with Crippen LogP contribution in [0.25, 0.3) is 0 Å². The standard InChI is InChI=1S/C18H18Cl2N2O3/c1-3-11-4-6-13(7-5-11)22-17(23)10(2)25-18(24)14-8-12(19)9-15(20)16(14)21/h4-10H,3,21H2,1-2H3,(H,22,23)/t10-/m0/s1. The first-order chi connectivity index (χ1) is 11.8. The van der Waals surface area contributed by atoms with Gasteiger partial charge in [-0.05, 0) is 43.2 Å². The quantitative estimate of drug-likeness (QED) is 0.597. The van der Waals surface area contributed by atoms with Gasteiger partial charge in [0.05, 0.1) is 16.3 Å². The van der Waals surface area contributed by atoms with E-state index in [0.717, 1.165) is 12.0 Å². The third kappa shape index (κ3) is 4.87. The summed E-state index contributed by atoms with van der Waals surface area (Å²) >= 11 is 11.8. The van der Waals surface area contributed by atoms with Crippen molar-refractivity contribution < 1.29 is 14.3 Å². The van der Waals surface area contributed by atoms with Crippen molar-refractivity contribution in [1.29, 1.82) is 0 Å². The van der Waals surface area contributed by atoms with Crippen LogP contribution in [-0.4, -0.2) is 18.0 Å². The van der Waals surface area contributed by atoms with Gasteiger partial charge in [0.1, 0.15) is 0 Å². The van der Waals surface area contributed by atoms with Crippen molar-refractivity contribution >= 4 is 46.5 Å². The summed E-state index contributed by atoms with van der Waals surface area (Å²) in [6.45, 7) is 3.51. The Hall–Kier alpha value is -2.24. The Morgan fingerprint density at radius 1 is 1.20 bits per heavy atom. The first kappa shape index (κ1) is 19.1. The van der Waals surface area contributed by atoms with Crippen molar-refractivity contribution in [2.75, 3.05) is 11.1 Å².